The minimum Gasteiger partial charge on any atom is -0.394 e. The summed E-state index contributed by atoms with van der Waals surface area (Å²) in [7, 11) is 0. The van der Waals surface area contributed by atoms with Crippen molar-refractivity contribution in [3.05, 3.63) is 36.5 Å². The predicted octanol–water partition coefficient (Wildman–Crippen LogP) is 10.8. The maximum absolute atomic E-state index is 12.4. The number of nitrogens with one attached hydrogen (secondary N) is 1. The zero-order chi connectivity index (χ0) is 33.8. The van der Waals surface area contributed by atoms with Gasteiger partial charge in [-0.25, -0.2) is 0 Å². The molecule has 0 rings (SSSR count). The molecule has 5 heteroatoms. The van der Waals surface area contributed by atoms with Crippen LogP contribution in [-0.4, -0.2) is 46.1 Å². The third-order valence-corrected chi connectivity index (χ3v) is 8.98. The molecule has 1 amide bonds. The van der Waals surface area contributed by atoms with Crippen molar-refractivity contribution in [2.75, 3.05) is 6.61 Å². The maximum atomic E-state index is 12.4. The van der Waals surface area contributed by atoms with E-state index in [1.165, 1.54) is 128 Å². The first-order chi connectivity index (χ1) is 22.6. The Bertz CT molecular complexity index is 719. The van der Waals surface area contributed by atoms with Gasteiger partial charge < -0.3 is 20.6 Å². The van der Waals surface area contributed by atoms with E-state index in [-0.39, 0.29) is 6.61 Å². The van der Waals surface area contributed by atoms with Crippen molar-refractivity contribution in [2.45, 2.75) is 212 Å². The molecular weight excluding hydrogens is 570 g/mol. The molecule has 0 aromatic heterocycles. The van der Waals surface area contributed by atoms with Gasteiger partial charge in [0.15, 0.2) is 0 Å². The van der Waals surface area contributed by atoms with Gasteiger partial charge in [-0.3, -0.25) is 4.79 Å². The second-order valence-corrected chi connectivity index (χ2v) is 13.5. The molecule has 0 aromatic rings. The molecule has 270 valence electrons. The number of rotatable bonds is 35. The summed E-state index contributed by atoms with van der Waals surface area (Å²) >= 11 is 0. The summed E-state index contributed by atoms with van der Waals surface area (Å²) in [5, 5.41) is 33.0. The third-order valence-electron chi connectivity index (χ3n) is 8.98. The molecule has 0 aliphatic rings. The molecule has 0 fully saturated rings. The van der Waals surface area contributed by atoms with Crippen molar-refractivity contribution in [3.63, 3.8) is 0 Å². The van der Waals surface area contributed by atoms with Gasteiger partial charge in [0.25, 0.3) is 0 Å². The summed E-state index contributed by atoms with van der Waals surface area (Å²) < 4.78 is 0. The predicted molar refractivity (Wildman–Crippen MR) is 199 cm³/mol. The molecule has 0 heterocycles. The molecule has 4 N–H and O–H groups in total. The summed E-state index contributed by atoms with van der Waals surface area (Å²) in [6, 6.07) is -0.800. The molecule has 0 saturated carbocycles. The Kier molecular flexibility index (Phi) is 35.3. The smallest absolute Gasteiger partial charge is 0.249 e. The molecule has 3 atom stereocenters. The standard InChI is InChI=1S/C41H77NO4/c1-3-5-7-9-11-13-15-17-19-21-23-25-27-29-31-33-35-39(44)38(37-43)42-41(46)40(45)36-34-32-30-28-26-24-22-20-18-16-14-12-10-8-6-4-2/h12,14,18,20,33,35,38-40,43-45H,3-11,13,15-17,19,21-32,34,36-37H2,1-2H3,(H,42,46)/b14-12-,20-18-,35-33+. The largest absolute Gasteiger partial charge is 0.394 e. The van der Waals surface area contributed by atoms with Crippen LogP contribution in [0.3, 0.4) is 0 Å². The fourth-order valence-electron chi connectivity index (χ4n) is 5.80. The van der Waals surface area contributed by atoms with Crippen LogP contribution in [0.25, 0.3) is 0 Å². The van der Waals surface area contributed by atoms with Gasteiger partial charge >= 0.3 is 0 Å². The zero-order valence-corrected chi connectivity index (χ0v) is 30.5. The number of carbonyl (C=O) groups excluding carboxylic acids is 1. The molecule has 0 bridgehead atoms. The fraction of sp³-hybridized carbons (Fsp3) is 0.829. The second-order valence-electron chi connectivity index (χ2n) is 13.5. The van der Waals surface area contributed by atoms with Crippen molar-refractivity contribution >= 4 is 5.91 Å². The van der Waals surface area contributed by atoms with E-state index in [4.69, 9.17) is 0 Å². The quantitative estimate of drug-likeness (QED) is 0.0407. The van der Waals surface area contributed by atoms with E-state index in [9.17, 15) is 20.1 Å². The van der Waals surface area contributed by atoms with Crippen LogP contribution in [0.2, 0.25) is 0 Å². The van der Waals surface area contributed by atoms with Crippen LogP contribution in [0, 0.1) is 0 Å². The number of carbonyl (C=O) groups is 1. The number of hydrogen-bond donors (Lipinski definition) is 4. The number of aliphatic hydroxyl groups excluding tert-OH is 3. The molecule has 0 radical (unpaired) electrons. The van der Waals surface area contributed by atoms with Crippen LogP contribution in [0.4, 0.5) is 0 Å². The average Bonchev–Trinajstić information content (AvgIpc) is 3.06. The third kappa shape index (κ3) is 31.2. The topological polar surface area (TPSA) is 89.8 Å². The van der Waals surface area contributed by atoms with Crippen molar-refractivity contribution in [1.82, 2.24) is 5.32 Å². The molecule has 5 nitrogen and oxygen atoms in total. The molecule has 0 aliphatic carbocycles. The average molecular weight is 648 g/mol. The SMILES string of the molecule is CCCCC/C=C\C/C=C\CCCCCCCCC(O)C(=O)NC(CO)C(O)/C=C/CCCCCCCCCCCCCCCC. The first-order valence-corrected chi connectivity index (χ1v) is 19.8. The lowest BCUT2D eigenvalue weighted by atomic mass is 10.0. The molecule has 0 saturated heterocycles. The Balaban J connectivity index is 3.75. The van der Waals surface area contributed by atoms with Crippen molar-refractivity contribution < 1.29 is 20.1 Å². The number of aliphatic hydroxyl groups is 3. The highest BCUT2D eigenvalue weighted by atomic mass is 16.3. The monoisotopic (exact) mass is 648 g/mol. The summed E-state index contributed by atoms with van der Waals surface area (Å²) in [5.41, 5.74) is 0. The minimum atomic E-state index is -1.10. The highest BCUT2D eigenvalue weighted by molar-refractivity contribution is 5.80. The van der Waals surface area contributed by atoms with Crippen molar-refractivity contribution in [1.29, 1.82) is 0 Å². The van der Waals surface area contributed by atoms with Gasteiger partial charge in [0.1, 0.15) is 6.10 Å². The number of amides is 1. The van der Waals surface area contributed by atoms with E-state index in [2.05, 4.69) is 43.5 Å². The number of unbranched alkanes of at least 4 members (excludes halogenated alkanes) is 23. The minimum absolute atomic E-state index is 0.367. The summed E-state index contributed by atoms with van der Waals surface area (Å²) in [5.74, 6) is -0.513. The van der Waals surface area contributed by atoms with Crippen molar-refractivity contribution in [2.24, 2.45) is 0 Å². The van der Waals surface area contributed by atoms with E-state index >= 15 is 0 Å². The molecule has 0 aromatic carbocycles. The van der Waals surface area contributed by atoms with Crippen molar-refractivity contribution in [3.8, 4) is 0 Å². The zero-order valence-electron chi connectivity index (χ0n) is 30.5. The Hall–Kier alpha value is -1.43. The first kappa shape index (κ1) is 44.6. The van der Waals surface area contributed by atoms with Crippen LogP contribution < -0.4 is 5.32 Å². The lowest BCUT2D eigenvalue weighted by Crippen LogP contribution is -2.48. The van der Waals surface area contributed by atoms with Gasteiger partial charge in [0.05, 0.1) is 18.8 Å². The van der Waals surface area contributed by atoms with Crippen LogP contribution >= 0.6 is 0 Å². The van der Waals surface area contributed by atoms with Gasteiger partial charge in [0, 0.05) is 0 Å². The summed E-state index contributed by atoms with van der Waals surface area (Å²) in [6.45, 7) is 4.14. The highest BCUT2D eigenvalue weighted by Gasteiger charge is 2.22. The van der Waals surface area contributed by atoms with Crippen LogP contribution in [0.5, 0.6) is 0 Å². The Morgan fingerprint density at radius 1 is 0.543 bits per heavy atom. The first-order valence-electron chi connectivity index (χ1n) is 19.8. The second kappa shape index (κ2) is 36.4. The molecular formula is C41H77NO4. The Morgan fingerprint density at radius 2 is 0.935 bits per heavy atom. The fourth-order valence-corrected chi connectivity index (χ4v) is 5.80. The number of allylic oxidation sites excluding steroid dienone is 5. The normalized spacial score (nSPS) is 14.1. The van der Waals surface area contributed by atoms with Crippen LogP contribution in [0.1, 0.15) is 194 Å². The van der Waals surface area contributed by atoms with Crippen LogP contribution in [0.15, 0.2) is 36.5 Å². The van der Waals surface area contributed by atoms with Gasteiger partial charge in [-0.15, -0.1) is 0 Å². The van der Waals surface area contributed by atoms with E-state index in [0.29, 0.717) is 6.42 Å². The van der Waals surface area contributed by atoms with E-state index in [1.54, 1.807) is 6.08 Å². The summed E-state index contributed by atoms with van der Waals surface area (Å²) in [4.78, 5) is 12.4. The molecule has 0 aliphatic heterocycles. The van der Waals surface area contributed by atoms with E-state index < -0.39 is 24.2 Å². The lowest BCUT2D eigenvalue weighted by Gasteiger charge is -2.21. The Labute approximate surface area is 285 Å². The van der Waals surface area contributed by atoms with Gasteiger partial charge in [-0.2, -0.15) is 0 Å². The van der Waals surface area contributed by atoms with Crippen LogP contribution in [-0.2, 0) is 4.79 Å². The molecule has 3 unspecified atom stereocenters. The van der Waals surface area contributed by atoms with Gasteiger partial charge in [-0.05, 0) is 51.4 Å². The lowest BCUT2D eigenvalue weighted by molar-refractivity contribution is -0.131. The van der Waals surface area contributed by atoms with Gasteiger partial charge in [0.2, 0.25) is 5.91 Å². The van der Waals surface area contributed by atoms with E-state index in [0.717, 1.165) is 44.9 Å². The maximum Gasteiger partial charge on any atom is 0.249 e. The Morgan fingerprint density at radius 3 is 1.41 bits per heavy atom. The number of hydrogen-bond acceptors (Lipinski definition) is 4. The van der Waals surface area contributed by atoms with Gasteiger partial charge in [-0.1, -0.05) is 179 Å². The summed E-state index contributed by atoms with van der Waals surface area (Å²) in [6.07, 6.45) is 44.4. The molecule has 0 spiro atoms. The van der Waals surface area contributed by atoms with E-state index in [1.807, 2.05) is 6.08 Å². The molecule has 46 heavy (non-hydrogen) atoms. The highest BCUT2D eigenvalue weighted by Crippen LogP contribution is 2.14.